The van der Waals surface area contributed by atoms with E-state index in [0.29, 0.717) is 36.3 Å². The highest BCUT2D eigenvalue weighted by molar-refractivity contribution is 5.98. The number of anilines is 3. The van der Waals surface area contributed by atoms with Crippen molar-refractivity contribution in [3.63, 3.8) is 0 Å². The third-order valence-electron chi connectivity index (χ3n) is 5.37. The fourth-order valence-electron chi connectivity index (χ4n) is 3.77. The van der Waals surface area contributed by atoms with Crippen LogP contribution in [0.15, 0.2) is 42.5 Å². The van der Waals surface area contributed by atoms with Gasteiger partial charge in [-0.05, 0) is 55.5 Å². The number of nitrogen functional groups attached to an aromatic ring is 1. The molecule has 8 heteroatoms. The third-order valence-corrected chi connectivity index (χ3v) is 5.37. The molecule has 1 heterocycles. The molecule has 5 N–H and O–H groups in total. The molecule has 170 valence electrons. The van der Waals surface area contributed by atoms with Gasteiger partial charge < -0.3 is 21.3 Å². The number of hydrogen-bond acceptors (Lipinski definition) is 4. The van der Waals surface area contributed by atoms with Gasteiger partial charge in [0.2, 0.25) is 11.8 Å². The molecule has 0 aliphatic carbocycles. The van der Waals surface area contributed by atoms with Crippen molar-refractivity contribution in [1.82, 2.24) is 0 Å². The number of rotatable bonds is 8. The molecule has 2 aromatic rings. The Kier molecular flexibility index (Phi) is 7.45. The minimum absolute atomic E-state index is 0.0544. The number of piperidine rings is 1. The number of nitrogens with zero attached hydrogens (tertiary/aromatic N) is 1. The number of carbonyl (C=O) groups is 2. The highest BCUT2D eigenvalue weighted by Gasteiger charge is 2.24. The molecule has 1 aliphatic heterocycles. The number of nitrogens with two attached hydrogens (primary N) is 1. The SMILES string of the molecule is CC(C)C[C@@H](Nc1cccc(C(=N)N)c1)C(=O)Nc1ccc(N2CCCCC2=O)c(F)c1. The molecule has 0 saturated carbocycles. The van der Waals surface area contributed by atoms with Crippen molar-refractivity contribution in [2.75, 3.05) is 22.1 Å². The zero-order valence-electron chi connectivity index (χ0n) is 18.5. The van der Waals surface area contributed by atoms with Gasteiger partial charge in [0.1, 0.15) is 17.7 Å². The van der Waals surface area contributed by atoms with Crippen LogP contribution in [-0.2, 0) is 9.59 Å². The molecule has 1 fully saturated rings. The molecule has 0 aromatic heterocycles. The zero-order valence-corrected chi connectivity index (χ0v) is 18.5. The Morgan fingerprint density at radius 1 is 1.19 bits per heavy atom. The van der Waals surface area contributed by atoms with E-state index in [1.165, 1.54) is 17.0 Å². The molecule has 1 aliphatic rings. The Morgan fingerprint density at radius 3 is 2.62 bits per heavy atom. The first kappa shape index (κ1) is 23.2. The molecule has 1 atom stereocenters. The van der Waals surface area contributed by atoms with E-state index < -0.39 is 11.9 Å². The summed E-state index contributed by atoms with van der Waals surface area (Å²) in [6, 6.07) is 10.8. The van der Waals surface area contributed by atoms with Gasteiger partial charge in [0.15, 0.2) is 0 Å². The number of amidine groups is 1. The summed E-state index contributed by atoms with van der Waals surface area (Å²) in [6.45, 7) is 4.53. The van der Waals surface area contributed by atoms with Crippen LogP contribution in [-0.4, -0.2) is 30.2 Å². The van der Waals surface area contributed by atoms with Gasteiger partial charge in [-0.15, -0.1) is 0 Å². The van der Waals surface area contributed by atoms with Gasteiger partial charge in [0.25, 0.3) is 0 Å². The Bertz CT molecular complexity index is 1010. The Balaban J connectivity index is 1.74. The van der Waals surface area contributed by atoms with E-state index in [9.17, 15) is 14.0 Å². The zero-order chi connectivity index (χ0) is 23.3. The van der Waals surface area contributed by atoms with Crippen LogP contribution < -0.4 is 21.3 Å². The average molecular weight is 440 g/mol. The molecule has 0 unspecified atom stereocenters. The second-order valence-corrected chi connectivity index (χ2v) is 8.48. The Labute approximate surface area is 187 Å². The fraction of sp³-hybridized carbons (Fsp3) is 0.375. The fourth-order valence-corrected chi connectivity index (χ4v) is 3.77. The van der Waals surface area contributed by atoms with Gasteiger partial charge in [-0.2, -0.15) is 0 Å². The molecule has 1 saturated heterocycles. The van der Waals surface area contributed by atoms with Gasteiger partial charge in [-0.25, -0.2) is 4.39 Å². The number of carbonyl (C=O) groups excluding carboxylic acids is 2. The van der Waals surface area contributed by atoms with Crippen LogP contribution in [0.1, 0.15) is 45.1 Å². The maximum absolute atomic E-state index is 14.7. The Morgan fingerprint density at radius 2 is 1.97 bits per heavy atom. The average Bonchev–Trinajstić information content (AvgIpc) is 2.74. The lowest BCUT2D eigenvalue weighted by atomic mass is 10.0. The molecule has 0 bridgehead atoms. The van der Waals surface area contributed by atoms with Crippen LogP contribution in [0.5, 0.6) is 0 Å². The maximum Gasteiger partial charge on any atom is 0.246 e. The van der Waals surface area contributed by atoms with E-state index in [0.717, 1.165) is 12.8 Å². The van der Waals surface area contributed by atoms with Crippen molar-refractivity contribution < 1.29 is 14.0 Å². The molecule has 32 heavy (non-hydrogen) atoms. The molecular weight excluding hydrogens is 409 g/mol. The predicted octanol–water partition coefficient (Wildman–Crippen LogP) is 4.09. The normalized spacial score (nSPS) is 14.9. The summed E-state index contributed by atoms with van der Waals surface area (Å²) in [5.41, 5.74) is 7.36. The largest absolute Gasteiger partial charge is 0.384 e. The highest BCUT2D eigenvalue weighted by Crippen LogP contribution is 2.27. The lowest BCUT2D eigenvalue weighted by Gasteiger charge is -2.27. The molecule has 2 aromatic carbocycles. The summed E-state index contributed by atoms with van der Waals surface area (Å²) in [7, 11) is 0. The summed E-state index contributed by atoms with van der Waals surface area (Å²) in [6.07, 6.45) is 2.64. The molecular formula is C24H30FN5O2. The summed E-state index contributed by atoms with van der Waals surface area (Å²) in [5.74, 6) is -0.741. The van der Waals surface area contributed by atoms with E-state index in [-0.39, 0.29) is 29.3 Å². The monoisotopic (exact) mass is 439 g/mol. The van der Waals surface area contributed by atoms with E-state index in [4.69, 9.17) is 11.1 Å². The number of hydrogen-bond donors (Lipinski definition) is 4. The van der Waals surface area contributed by atoms with Gasteiger partial charge in [0, 0.05) is 29.9 Å². The number of amides is 2. The van der Waals surface area contributed by atoms with Gasteiger partial charge >= 0.3 is 0 Å². The minimum atomic E-state index is -0.566. The van der Waals surface area contributed by atoms with Crippen LogP contribution in [0, 0.1) is 17.1 Å². The van der Waals surface area contributed by atoms with E-state index in [2.05, 4.69) is 10.6 Å². The smallest absolute Gasteiger partial charge is 0.246 e. The lowest BCUT2D eigenvalue weighted by Crippen LogP contribution is -2.36. The van der Waals surface area contributed by atoms with Gasteiger partial charge in [-0.1, -0.05) is 26.0 Å². The van der Waals surface area contributed by atoms with Crippen molar-refractivity contribution in [1.29, 1.82) is 5.41 Å². The van der Waals surface area contributed by atoms with Gasteiger partial charge in [-0.3, -0.25) is 15.0 Å². The number of halogens is 1. The van der Waals surface area contributed by atoms with Crippen LogP contribution in [0.3, 0.4) is 0 Å². The number of nitrogens with one attached hydrogen (secondary N) is 3. The summed E-state index contributed by atoms with van der Waals surface area (Å²) in [5, 5.41) is 13.6. The Hall–Kier alpha value is -3.42. The summed E-state index contributed by atoms with van der Waals surface area (Å²) < 4.78 is 14.7. The summed E-state index contributed by atoms with van der Waals surface area (Å²) >= 11 is 0. The quantitative estimate of drug-likeness (QED) is 0.367. The van der Waals surface area contributed by atoms with Crippen LogP contribution in [0.4, 0.5) is 21.5 Å². The van der Waals surface area contributed by atoms with Crippen molar-refractivity contribution >= 4 is 34.7 Å². The third kappa shape index (κ3) is 5.84. The minimum Gasteiger partial charge on any atom is -0.384 e. The second kappa shape index (κ2) is 10.3. The highest BCUT2D eigenvalue weighted by atomic mass is 19.1. The standard InChI is InChI=1S/C24H30FN5O2/c1-15(2)12-20(28-17-7-5-6-16(13-17)23(26)27)24(32)29-18-9-10-21(19(25)14-18)30-11-4-3-8-22(30)31/h5-7,9-10,13-15,20,28H,3-4,8,11-12H2,1-2H3,(H3,26,27)(H,29,32)/t20-/m1/s1. The lowest BCUT2D eigenvalue weighted by molar-refractivity contribution is -0.119. The van der Waals surface area contributed by atoms with E-state index in [1.54, 1.807) is 30.3 Å². The van der Waals surface area contributed by atoms with Gasteiger partial charge in [0.05, 0.1) is 5.69 Å². The van der Waals surface area contributed by atoms with Crippen LogP contribution >= 0.6 is 0 Å². The topological polar surface area (TPSA) is 111 Å². The molecule has 3 rings (SSSR count). The van der Waals surface area contributed by atoms with Crippen molar-refractivity contribution in [2.45, 2.75) is 45.6 Å². The maximum atomic E-state index is 14.7. The van der Waals surface area contributed by atoms with Crippen molar-refractivity contribution in [3.05, 3.63) is 53.8 Å². The summed E-state index contributed by atoms with van der Waals surface area (Å²) in [4.78, 5) is 26.6. The van der Waals surface area contributed by atoms with Crippen LogP contribution in [0.2, 0.25) is 0 Å². The van der Waals surface area contributed by atoms with Crippen LogP contribution in [0.25, 0.3) is 0 Å². The van der Waals surface area contributed by atoms with E-state index >= 15 is 0 Å². The first-order valence-electron chi connectivity index (χ1n) is 10.9. The molecule has 2 amide bonds. The van der Waals surface area contributed by atoms with Crippen molar-refractivity contribution in [2.24, 2.45) is 11.7 Å². The first-order chi connectivity index (χ1) is 15.2. The predicted molar refractivity (Wildman–Crippen MR) is 126 cm³/mol. The number of benzene rings is 2. The van der Waals surface area contributed by atoms with E-state index in [1.807, 2.05) is 13.8 Å². The molecule has 7 nitrogen and oxygen atoms in total. The molecule has 0 radical (unpaired) electrons. The second-order valence-electron chi connectivity index (χ2n) is 8.48. The van der Waals surface area contributed by atoms with Crippen molar-refractivity contribution in [3.8, 4) is 0 Å². The molecule has 0 spiro atoms. The first-order valence-corrected chi connectivity index (χ1v) is 10.9.